The number of hydrogen-bond acceptors (Lipinski definition) is 6. The van der Waals surface area contributed by atoms with Crippen LogP contribution in [0.25, 0.3) is 11.7 Å². The minimum atomic E-state index is -0.329. The Morgan fingerprint density at radius 2 is 2.04 bits per heavy atom. The van der Waals surface area contributed by atoms with Gasteiger partial charge in [0.25, 0.3) is 5.89 Å². The summed E-state index contributed by atoms with van der Waals surface area (Å²) in [6.45, 7) is 2.33. The zero-order valence-electron chi connectivity index (χ0n) is 13.7. The Morgan fingerprint density at radius 3 is 2.75 bits per heavy atom. The quantitative estimate of drug-likeness (QED) is 0.906. The van der Waals surface area contributed by atoms with Crippen molar-refractivity contribution >= 4 is 5.91 Å². The largest absolute Gasteiger partial charge is 0.459 e. The number of amides is 1. The molecule has 2 aliphatic rings. The van der Waals surface area contributed by atoms with E-state index in [2.05, 4.69) is 20.4 Å². The van der Waals surface area contributed by atoms with E-state index in [9.17, 15) is 4.79 Å². The molecule has 24 heavy (non-hydrogen) atoms. The Hall–Kier alpha value is -2.15. The smallest absolute Gasteiger partial charge is 0.293 e. The van der Waals surface area contributed by atoms with Crippen LogP contribution in [-0.2, 0) is 11.3 Å². The van der Waals surface area contributed by atoms with Gasteiger partial charge in [-0.3, -0.25) is 9.69 Å². The molecule has 1 aliphatic carbocycles. The lowest BCUT2D eigenvalue weighted by atomic mass is 9.94. The second-order valence-electron chi connectivity index (χ2n) is 6.61. The summed E-state index contributed by atoms with van der Waals surface area (Å²) in [7, 11) is 0. The van der Waals surface area contributed by atoms with Crippen molar-refractivity contribution in [1.82, 2.24) is 20.4 Å². The van der Waals surface area contributed by atoms with Crippen molar-refractivity contribution in [2.75, 3.05) is 13.1 Å². The molecule has 0 unspecified atom stereocenters. The molecule has 7 nitrogen and oxygen atoms in total. The van der Waals surface area contributed by atoms with Crippen molar-refractivity contribution in [3.63, 3.8) is 0 Å². The summed E-state index contributed by atoms with van der Waals surface area (Å²) in [6, 6.07) is 3.53. The lowest BCUT2D eigenvalue weighted by Crippen LogP contribution is -2.56. The van der Waals surface area contributed by atoms with Crippen molar-refractivity contribution in [1.29, 1.82) is 0 Å². The predicted octanol–water partition coefficient (Wildman–Crippen LogP) is 2.35. The molecule has 1 saturated carbocycles. The van der Waals surface area contributed by atoms with E-state index in [4.69, 9.17) is 8.94 Å². The van der Waals surface area contributed by atoms with Gasteiger partial charge < -0.3 is 14.3 Å². The molecule has 0 spiro atoms. The normalized spacial score (nSPS) is 20.5. The maximum Gasteiger partial charge on any atom is 0.293 e. The summed E-state index contributed by atoms with van der Waals surface area (Å²) in [4.78, 5) is 19.6. The number of rotatable bonds is 5. The highest BCUT2D eigenvalue weighted by Gasteiger charge is 2.46. The molecule has 2 aromatic heterocycles. The van der Waals surface area contributed by atoms with Gasteiger partial charge >= 0.3 is 0 Å². The van der Waals surface area contributed by atoms with Crippen molar-refractivity contribution in [3.05, 3.63) is 24.2 Å². The van der Waals surface area contributed by atoms with E-state index in [1.54, 1.807) is 18.4 Å². The number of nitrogens with zero attached hydrogens (tertiary/aromatic N) is 3. The average molecular weight is 330 g/mol. The molecule has 128 valence electrons. The highest BCUT2D eigenvalue weighted by molar-refractivity contribution is 5.86. The van der Waals surface area contributed by atoms with E-state index in [-0.39, 0.29) is 18.0 Å². The molecule has 0 radical (unpaired) electrons. The monoisotopic (exact) mass is 330 g/mol. The predicted molar refractivity (Wildman–Crippen MR) is 85.9 cm³/mol. The van der Waals surface area contributed by atoms with Gasteiger partial charge in [-0.05, 0) is 50.9 Å². The SMILES string of the molecule is O=C(NCc1noc(-c2ccco2)n1)C1(N2CCCC2)CCCC1. The number of likely N-dealkylation sites (tertiary alicyclic amines) is 1. The minimum Gasteiger partial charge on any atom is -0.459 e. The van der Waals surface area contributed by atoms with Gasteiger partial charge in [-0.2, -0.15) is 4.98 Å². The summed E-state index contributed by atoms with van der Waals surface area (Å²) in [5, 5.41) is 6.94. The van der Waals surface area contributed by atoms with Crippen LogP contribution >= 0.6 is 0 Å². The van der Waals surface area contributed by atoms with E-state index in [1.165, 1.54) is 12.8 Å². The second kappa shape index (κ2) is 6.39. The average Bonchev–Trinajstić information content (AvgIpc) is 3.41. The standard InChI is InChI=1S/C17H22N4O3/c22-16(17(7-1-2-8-17)21-9-3-4-10-21)18-12-14-19-15(24-20-14)13-6-5-11-23-13/h5-6,11H,1-4,7-10,12H2,(H,18,22). The lowest BCUT2D eigenvalue weighted by molar-refractivity contribution is -0.133. The first-order valence-electron chi connectivity index (χ1n) is 8.68. The maximum atomic E-state index is 12.9. The van der Waals surface area contributed by atoms with Crippen LogP contribution in [0.4, 0.5) is 0 Å². The molecular formula is C17H22N4O3. The van der Waals surface area contributed by atoms with Crippen LogP contribution < -0.4 is 5.32 Å². The first kappa shape index (κ1) is 15.4. The summed E-state index contributed by atoms with van der Waals surface area (Å²) in [5.41, 5.74) is -0.329. The first-order chi connectivity index (χ1) is 11.8. The van der Waals surface area contributed by atoms with Gasteiger partial charge in [0, 0.05) is 0 Å². The maximum absolute atomic E-state index is 12.9. The number of carbonyl (C=O) groups excluding carboxylic acids is 1. The number of hydrogen-bond donors (Lipinski definition) is 1. The fraction of sp³-hybridized carbons (Fsp3) is 0.588. The van der Waals surface area contributed by atoms with Crippen LogP contribution in [0.1, 0.15) is 44.3 Å². The van der Waals surface area contributed by atoms with Crippen LogP contribution in [0.5, 0.6) is 0 Å². The Bertz CT molecular complexity index is 683. The number of nitrogens with one attached hydrogen (secondary N) is 1. The van der Waals surface area contributed by atoms with Crippen LogP contribution in [0.2, 0.25) is 0 Å². The lowest BCUT2D eigenvalue weighted by Gasteiger charge is -2.37. The highest BCUT2D eigenvalue weighted by Crippen LogP contribution is 2.37. The van der Waals surface area contributed by atoms with E-state index >= 15 is 0 Å². The third-order valence-electron chi connectivity index (χ3n) is 5.17. The van der Waals surface area contributed by atoms with Gasteiger partial charge in [-0.1, -0.05) is 18.0 Å². The Morgan fingerprint density at radius 1 is 1.25 bits per heavy atom. The zero-order chi connectivity index (χ0) is 16.4. The molecule has 7 heteroatoms. The summed E-state index contributed by atoms with van der Waals surface area (Å²) in [5.74, 6) is 1.43. The first-order valence-corrected chi connectivity index (χ1v) is 8.68. The molecule has 0 atom stereocenters. The van der Waals surface area contributed by atoms with E-state index in [0.29, 0.717) is 17.5 Å². The van der Waals surface area contributed by atoms with Crippen molar-refractivity contribution in [2.45, 2.75) is 50.6 Å². The molecular weight excluding hydrogens is 308 g/mol. The molecule has 2 aromatic rings. The molecule has 1 N–H and O–H groups in total. The third-order valence-corrected chi connectivity index (χ3v) is 5.17. The van der Waals surface area contributed by atoms with Crippen molar-refractivity contribution in [2.24, 2.45) is 0 Å². The molecule has 1 aliphatic heterocycles. The Balaban J connectivity index is 1.42. The van der Waals surface area contributed by atoms with Gasteiger partial charge in [0.1, 0.15) is 5.54 Å². The van der Waals surface area contributed by atoms with Gasteiger partial charge in [0.05, 0.1) is 12.8 Å². The summed E-state index contributed by atoms with van der Waals surface area (Å²) in [6.07, 6.45) is 8.06. The fourth-order valence-electron chi connectivity index (χ4n) is 3.94. The summed E-state index contributed by atoms with van der Waals surface area (Å²) >= 11 is 0. The van der Waals surface area contributed by atoms with Gasteiger partial charge in [0.15, 0.2) is 11.6 Å². The van der Waals surface area contributed by atoms with E-state index in [0.717, 1.165) is 38.8 Å². The Labute approximate surface area is 140 Å². The zero-order valence-corrected chi connectivity index (χ0v) is 13.7. The van der Waals surface area contributed by atoms with Crippen molar-refractivity contribution < 1.29 is 13.7 Å². The molecule has 1 saturated heterocycles. The molecule has 2 fully saturated rings. The molecule has 0 aromatic carbocycles. The third kappa shape index (κ3) is 2.73. The van der Waals surface area contributed by atoms with Crippen LogP contribution in [-0.4, -0.2) is 39.6 Å². The molecule has 0 bridgehead atoms. The van der Waals surface area contributed by atoms with Gasteiger partial charge in [-0.15, -0.1) is 0 Å². The van der Waals surface area contributed by atoms with Crippen molar-refractivity contribution in [3.8, 4) is 11.7 Å². The van der Waals surface area contributed by atoms with Gasteiger partial charge in [0.2, 0.25) is 5.91 Å². The van der Waals surface area contributed by atoms with Crippen LogP contribution in [0.3, 0.4) is 0 Å². The van der Waals surface area contributed by atoms with E-state index in [1.807, 2.05) is 0 Å². The molecule has 3 heterocycles. The second-order valence-corrected chi connectivity index (χ2v) is 6.61. The van der Waals surface area contributed by atoms with E-state index < -0.39 is 0 Å². The topological polar surface area (TPSA) is 84.4 Å². The Kier molecular flexibility index (Phi) is 4.10. The summed E-state index contributed by atoms with van der Waals surface area (Å²) < 4.78 is 10.4. The minimum absolute atomic E-state index is 0.103. The number of aromatic nitrogens is 2. The van der Waals surface area contributed by atoms with Crippen LogP contribution in [0.15, 0.2) is 27.3 Å². The molecule has 1 amide bonds. The fourth-order valence-corrected chi connectivity index (χ4v) is 3.94. The number of furan rings is 1. The molecule has 4 rings (SSSR count). The number of carbonyl (C=O) groups is 1. The van der Waals surface area contributed by atoms with Crippen LogP contribution in [0, 0.1) is 0 Å². The van der Waals surface area contributed by atoms with Gasteiger partial charge in [-0.25, -0.2) is 0 Å². The highest BCUT2D eigenvalue weighted by atomic mass is 16.5.